The highest BCUT2D eigenvalue weighted by molar-refractivity contribution is 5.87. The van der Waals surface area contributed by atoms with Crippen molar-refractivity contribution in [2.45, 2.75) is 91.5 Å². The Labute approximate surface area is 224 Å². The molecule has 37 heavy (non-hydrogen) atoms. The van der Waals surface area contributed by atoms with Crippen LogP contribution in [0.4, 0.5) is 0 Å². The van der Waals surface area contributed by atoms with Gasteiger partial charge in [-0.15, -0.1) is 15.9 Å². The number of H-pyrrole nitrogens is 1. The fourth-order valence-electron chi connectivity index (χ4n) is 4.86. The fraction of sp³-hybridized carbons (Fsp3) is 0.469. The number of hydrogen-bond donors (Lipinski definition) is 1. The van der Waals surface area contributed by atoms with Gasteiger partial charge >= 0.3 is 0 Å². The van der Waals surface area contributed by atoms with Gasteiger partial charge < -0.3 is 0 Å². The number of unbranched alkanes of at least 4 members (excludes halogenated alkanes) is 1. The number of nitrogens with zero attached hydrogens (tertiary/aromatic N) is 4. The molecule has 5 heteroatoms. The van der Waals surface area contributed by atoms with Crippen LogP contribution in [0.1, 0.15) is 85.1 Å². The quantitative estimate of drug-likeness (QED) is 0.236. The number of nitrogens with one attached hydrogen (secondary N) is 1. The average molecular weight is 500 g/mol. The van der Waals surface area contributed by atoms with Crippen LogP contribution in [0.25, 0.3) is 22.5 Å². The molecule has 1 heterocycles. The van der Waals surface area contributed by atoms with Gasteiger partial charge in [0.25, 0.3) is 0 Å². The first kappa shape index (κ1) is 29.9. The molecule has 2 aromatic carbocycles. The topological polar surface area (TPSA) is 66.8 Å². The van der Waals surface area contributed by atoms with Crippen molar-refractivity contribution in [1.82, 2.24) is 20.6 Å². The third-order valence-electron chi connectivity index (χ3n) is 6.77. The third-order valence-corrected chi connectivity index (χ3v) is 6.77. The van der Waals surface area contributed by atoms with Crippen LogP contribution in [0.2, 0.25) is 0 Å². The Balaban J connectivity index is 0.000000898. The van der Waals surface area contributed by atoms with E-state index in [1.54, 1.807) is 0 Å². The molecule has 1 atom stereocenters. The minimum atomic E-state index is 0.167. The van der Waals surface area contributed by atoms with Crippen LogP contribution in [-0.4, -0.2) is 31.9 Å². The van der Waals surface area contributed by atoms with Gasteiger partial charge in [0.05, 0.1) is 5.54 Å². The largest absolute Gasteiger partial charge is 0.288 e. The van der Waals surface area contributed by atoms with Crippen LogP contribution in [-0.2, 0) is 6.42 Å². The number of rotatable bonds is 9. The molecule has 1 fully saturated rings. The highest BCUT2D eigenvalue weighted by atomic mass is 15.5. The first-order valence-electron chi connectivity index (χ1n) is 13.8. The lowest BCUT2D eigenvalue weighted by molar-refractivity contribution is 0.483. The SMILES string of the molecule is C=C=C.CC.CCCCC(=NC1(C)CCCC1)[C@@H](C)Cc1ccc(-c2ccccc2-c2nn[nH]n2)cc1. The second-order valence-electron chi connectivity index (χ2n) is 9.74. The number of aromatic amines is 1. The fourth-order valence-corrected chi connectivity index (χ4v) is 4.86. The summed E-state index contributed by atoms with van der Waals surface area (Å²) in [7, 11) is 0. The van der Waals surface area contributed by atoms with E-state index in [-0.39, 0.29) is 5.54 Å². The third kappa shape index (κ3) is 8.94. The number of aliphatic imine (C=N–C) groups is 1. The molecule has 1 aliphatic carbocycles. The Morgan fingerprint density at radius 3 is 2.24 bits per heavy atom. The van der Waals surface area contributed by atoms with Gasteiger partial charge in [-0.05, 0) is 66.8 Å². The van der Waals surface area contributed by atoms with E-state index >= 15 is 0 Å². The highest BCUT2D eigenvalue weighted by Gasteiger charge is 2.29. The van der Waals surface area contributed by atoms with Crippen LogP contribution in [0.5, 0.6) is 0 Å². The Bertz CT molecular complexity index is 1100. The summed E-state index contributed by atoms with van der Waals surface area (Å²) in [4.78, 5) is 5.34. The van der Waals surface area contributed by atoms with Crippen molar-refractivity contribution in [3.8, 4) is 22.5 Å². The summed E-state index contributed by atoms with van der Waals surface area (Å²) in [6.45, 7) is 17.2. The summed E-state index contributed by atoms with van der Waals surface area (Å²) < 4.78 is 0. The van der Waals surface area contributed by atoms with Crippen LogP contribution < -0.4 is 0 Å². The summed E-state index contributed by atoms with van der Waals surface area (Å²) in [5.41, 5.74) is 8.47. The number of aromatic nitrogens is 4. The molecule has 5 nitrogen and oxygen atoms in total. The van der Waals surface area contributed by atoms with Crippen molar-refractivity contribution in [1.29, 1.82) is 0 Å². The molecule has 1 aromatic heterocycles. The zero-order valence-corrected chi connectivity index (χ0v) is 23.6. The second kappa shape index (κ2) is 15.7. The summed E-state index contributed by atoms with van der Waals surface area (Å²) in [5.74, 6) is 1.09. The van der Waals surface area contributed by atoms with Gasteiger partial charge in [0.15, 0.2) is 0 Å². The van der Waals surface area contributed by atoms with Crippen molar-refractivity contribution in [2.75, 3.05) is 0 Å². The maximum atomic E-state index is 5.34. The van der Waals surface area contributed by atoms with Crippen LogP contribution >= 0.6 is 0 Å². The van der Waals surface area contributed by atoms with E-state index in [1.807, 2.05) is 26.0 Å². The van der Waals surface area contributed by atoms with Gasteiger partial charge in [-0.2, -0.15) is 5.21 Å². The van der Waals surface area contributed by atoms with Crippen molar-refractivity contribution in [3.63, 3.8) is 0 Å². The Morgan fingerprint density at radius 2 is 1.68 bits per heavy atom. The van der Waals surface area contributed by atoms with Crippen molar-refractivity contribution in [3.05, 3.63) is 73.0 Å². The lowest BCUT2D eigenvalue weighted by Gasteiger charge is -2.24. The average Bonchev–Trinajstić information content (AvgIpc) is 3.61. The van der Waals surface area contributed by atoms with Gasteiger partial charge in [0, 0.05) is 11.3 Å². The molecule has 0 bridgehead atoms. The van der Waals surface area contributed by atoms with Gasteiger partial charge in [-0.25, -0.2) is 0 Å². The predicted octanol–water partition coefficient (Wildman–Crippen LogP) is 8.66. The molecular formula is C32H45N5. The van der Waals surface area contributed by atoms with E-state index in [0.29, 0.717) is 11.7 Å². The van der Waals surface area contributed by atoms with E-state index in [4.69, 9.17) is 4.99 Å². The lowest BCUT2D eigenvalue weighted by Crippen LogP contribution is -2.23. The lowest BCUT2D eigenvalue weighted by atomic mass is 9.90. The molecule has 0 unspecified atom stereocenters. The van der Waals surface area contributed by atoms with Gasteiger partial charge in [0.2, 0.25) is 5.82 Å². The second-order valence-corrected chi connectivity index (χ2v) is 9.74. The Kier molecular flexibility index (Phi) is 12.7. The minimum absolute atomic E-state index is 0.167. The van der Waals surface area contributed by atoms with Gasteiger partial charge in [0.1, 0.15) is 0 Å². The Morgan fingerprint density at radius 1 is 1.05 bits per heavy atom. The van der Waals surface area contributed by atoms with E-state index < -0.39 is 0 Å². The smallest absolute Gasteiger partial charge is 0.205 e. The number of benzene rings is 2. The summed E-state index contributed by atoms with van der Waals surface area (Å²) >= 11 is 0. The molecule has 1 N–H and O–H groups in total. The first-order valence-corrected chi connectivity index (χ1v) is 13.8. The van der Waals surface area contributed by atoms with E-state index in [0.717, 1.165) is 24.0 Å². The van der Waals surface area contributed by atoms with Crippen molar-refractivity contribution >= 4 is 5.71 Å². The van der Waals surface area contributed by atoms with E-state index in [1.165, 1.54) is 55.4 Å². The molecule has 0 saturated heterocycles. The number of tetrazole rings is 1. The predicted molar refractivity (Wildman–Crippen MR) is 158 cm³/mol. The molecule has 4 rings (SSSR count). The normalized spacial score (nSPS) is 15.0. The number of hydrogen-bond acceptors (Lipinski definition) is 4. The van der Waals surface area contributed by atoms with Gasteiger partial charge in [-0.3, -0.25) is 4.99 Å². The molecule has 198 valence electrons. The van der Waals surface area contributed by atoms with Crippen molar-refractivity contribution < 1.29 is 0 Å². The van der Waals surface area contributed by atoms with Crippen LogP contribution in [0, 0.1) is 5.92 Å². The van der Waals surface area contributed by atoms with Crippen molar-refractivity contribution in [2.24, 2.45) is 10.9 Å². The molecule has 0 radical (unpaired) electrons. The van der Waals surface area contributed by atoms with Crippen LogP contribution in [0.3, 0.4) is 0 Å². The zero-order valence-electron chi connectivity index (χ0n) is 23.6. The molecule has 0 aliphatic heterocycles. The van der Waals surface area contributed by atoms with E-state index in [2.05, 4.69) is 96.7 Å². The summed E-state index contributed by atoms with van der Waals surface area (Å²) in [6.07, 6.45) is 9.73. The molecule has 0 amide bonds. The highest BCUT2D eigenvalue weighted by Crippen LogP contribution is 2.34. The molecule has 3 aromatic rings. The van der Waals surface area contributed by atoms with E-state index in [9.17, 15) is 0 Å². The molecule has 1 aliphatic rings. The van der Waals surface area contributed by atoms with Crippen LogP contribution in [0.15, 0.2) is 72.4 Å². The maximum absolute atomic E-state index is 5.34. The molecular weight excluding hydrogens is 454 g/mol. The zero-order chi connectivity index (χ0) is 27.1. The standard InChI is InChI=1S/C27H35N5.C3H4.C2H6/c1-4-5-12-25(28-27(3)17-8-9-18-27)20(2)19-21-13-15-22(16-14-21)23-10-6-7-11-24(23)26-29-31-32-30-26;1-3-2;1-2/h6-7,10-11,13-16,20H,4-5,8-9,12,17-19H2,1-3H3,(H,29,30,31,32);1-2H2;1-2H3/t20-;;/m0../s1. The maximum Gasteiger partial charge on any atom is 0.205 e. The summed E-state index contributed by atoms with van der Waals surface area (Å²) in [6, 6.07) is 17.1. The molecule has 1 saturated carbocycles. The molecule has 0 spiro atoms. The summed E-state index contributed by atoms with van der Waals surface area (Å²) in [5, 5.41) is 14.6. The van der Waals surface area contributed by atoms with Gasteiger partial charge in [-0.1, -0.05) is 109 Å². The first-order chi connectivity index (χ1) is 18.0. The monoisotopic (exact) mass is 499 g/mol. The Hall–Kier alpha value is -3.30. The minimum Gasteiger partial charge on any atom is -0.288 e.